The molecule has 2 heterocycles. The number of sulfonamides is 1. The maximum Gasteiger partial charge on any atom is 0.262 e. The van der Waals surface area contributed by atoms with Crippen molar-refractivity contribution < 1.29 is 18.3 Å². The summed E-state index contributed by atoms with van der Waals surface area (Å²) in [5.41, 5.74) is 5.78. The third-order valence-electron chi connectivity index (χ3n) is 2.88. The first-order valence-corrected chi connectivity index (χ1v) is 7.36. The molecule has 2 atom stereocenters. The van der Waals surface area contributed by atoms with Crippen molar-refractivity contribution >= 4 is 15.7 Å². The van der Waals surface area contributed by atoms with Gasteiger partial charge in [0.2, 0.25) is 0 Å². The number of nitrogens with zero attached hydrogens (tertiary/aromatic N) is 2. The summed E-state index contributed by atoms with van der Waals surface area (Å²) in [7, 11) is -3.76. The van der Waals surface area contributed by atoms with Gasteiger partial charge < -0.3 is 15.6 Å². The highest BCUT2D eigenvalue weighted by atomic mass is 32.2. The largest absolute Gasteiger partial charge is 0.396 e. The lowest BCUT2D eigenvalue weighted by atomic mass is 10.2. The monoisotopic (exact) mass is 287 g/mol. The Morgan fingerprint density at radius 1 is 1.58 bits per heavy atom. The van der Waals surface area contributed by atoms with Crippen LogP contribution in [0, 0.1) is 0 Å². The normalized spacial score (nSPS) is 25.4. The minimum atomic E-state index is -3.76. The van der Waals surface area contributed by atoms with Crippen molar-refractivity contribution in [3.05, 3.63) is 18.3 Å². The van der Waals surface area contributed by atoms with E-state index in [0.29, 0.717) is 0 Å². The maximum absolute atomic E-state index is 12.5. The molecule has 7 nitrogen and oxygen atoms in total. The van der Waals surface area contributed by atoms with Crippen molar-refractivity contribution in [3.8, 4) is 0 Å². The maximum atomic E-state index is 12.5. The van der Waals surface area contributed by atoms with Gasteiger partial charge in [0.15, 0.2) is 5.03 Å². The molecule has 0 radical (unpaired) electrons. The van der Waals surface area contributed by atoms with Crippen LogP contribution >= 0.6 is 0 Å². The topological polar surface area (TPSA) is 106 Å². The van der Waals surface area contributed by atoms with Gasteiger partial charge in [-0.25, -0.2) is 13.4 Å². The Bertz CT molecular complexity index is 549. The molecule has 1 aromatic heterocycles. The van der Waals surface area contributed by atoms with E-state index in [1.165, 1.54) is 16.6 Å². The molecule has 0 amide bonds. The molecule has 1 fully saturated rings. The first-order chi connectivity index (χ1) is 8.95. The van der Waals surface area contributed by atoms with Crippen LogP contribution in [0.2, 0.25) is 0 Å². The number of hydrogen-bond acceptors (Lipinski definition) is 6. The molecule has 1 aromatic rings. The first-order valence-electron chi connectivity index (χ1n) is 5.92. The quantitative estimate of drug-likeness (QED) is 0.771. The first kappa shape index (κ1) is 14.2. The fraction of sp³-hybridized carbons (Fsp3) is 0.545. The van der Waals surface area contributed by atoms with Crippen LogP contribution in [0.4, 0.5) is 5.69 Å². The number of pyridine rings is 1. The second kappa shape index (κ2) is 5.41. The molecule has 1 aliphatic rings. The van der Waals surface area contributed by atoms with E-state index in [2.05, 4.69) is 4.98 Å². The van der Waals surface area contributed by atoms with Crippen molar-refractivity contribution in [2.24, 2.45) is 0 Å². The van der Waals surface area contributed by atoms with Crippen LogP contribution in [0.5, 0.6) is 0 Å². The Morgan fingerprint density at radius 3 is 2.95 bits per heavy atom. The number of morpholine rings is 1. The minimum absolute atomic E-state index is 0.0964. The zero-order valence-electron chi connectivity index (χ0n) is 10.6. The molecule has 19 heavy (non-hydrogen) atoms. The predicted molar refractivity (Wildman–Crippen MR) is 68.8 cm³/mol. The lowest BCUT2D eigenvalue weighted by molar-refractivity contribution is -0.0750. The van der Waals surface area contributed by atoms with Crippen LogP contribution in [0.25, 0.3) is 0 Å². The summed E-state index contributed by atoms with van der Waals surface area (Å²) in [5.74, 6) is 0. The van der Waals surface area contributed by atoms with Crippen molar-refractivity contribution in [3.63, 3.8) is 0 Å². The Balaban J connectivity index is 2.32. The third-order valence-corrected chi connectivity index (χ3v) is 4.69. The van der Waals surface area contributed by atoms with Crippen molar-refractivity contribution in [1.29, 1.82) is 0 Å². The molecule has 0 saturated carbocycles. The molecule has 0 bridgehead atoms. The molecule has 0 spiro atoms. The van der Waals surface area contributed by atoms with Gasteiger partial charge in [-0.2, -0.15) is 4.31 Å². The number of ether oxygens (including phenoxy) is 1. The van der Waals surface area contributed by atoms with E-state index in [0.717, 1.165) is 0 Å². The van der Waals surface area contributed by atoms with Crippen LogP contribution in [0.3, 0.4) is 0 Å². The number of aliphatic hydroxyl groups is 1. The molecule has 2 rings (SSSR count). The Hall–Kier alpha value is -1.22. The summed E-state index contributed by atoms with van der Waals surface area (Å²) < 4.78 is 31.6. The van der Waals surface area contributed by atoms with E-state index in [-0.39, 0.29) is 36.5 Å². The summed E-state index contributed by atoms with van der Waals surface area (Å²) >= 11 is 0. The van der Waals surface area contributed by atoms with E-state index < -0.39 is 16.1 Å². The highest BCUT2D eigenvalue weighted by Crippen LogP contribution is 2.23. The van der Waals surface area contributed by atoms with E-state index in [4.69, 9.17) is 15.6 Å². The Kier molecular flexibility index (Phi) is 4.04. The molecule has 8 heteroatoms. The van der Waals surface area contributed by atoms with Crippen LogP contribution in [-0.4, -0.2) is 54.7 Å². The summed E-state index contributed by atoms with van der Waals surface area (Å²) in [6.45, 7) is 1.84. The fourth-order valence-corrected chi connectivity index (χ4v) is 3.61. The molecular weight excluding hydrogens is 270 g/mol. The number of nitrogens with two attached hydrogens (primary N) is 1. The number of aromatic nitrogens is 1. The van der Waals surface area contributed by atoms with Gasteiger partial charge in [0, 0.05) is 19.3 Å². The molecule has 3 N–H and O–H groups in total. The fourth-order valence-electron chi connectivity index (χ4n) is 2.04. The summed E-state index contributed by atoms with van der Waals surface area (Å²) in [6.07, 6.45) is 0.575. The summed E-state index contributed by atoms with van der Waals surface area (Å²) in [5, 5.41) is 8.98. The van der Waals surface area contributed by atoms with Gasteiger partial charge in [-0.05, 0) is 19.1 Å². The van der Waals surface area contributed by atoms with Crippen LogP contribution in [0.15, 0.2) is 23.4 Å². The van der Waals surface area contributed by atoms with E-state index in [1.54, 1.807) is 13.0 Å². The van der Waals surface area contributed by atoms with Crippen LogP contribution < -0.4 is 5.73 Å². The molecule has 1 saturated heterocycles. The van der Waals surface area contributed by atoms with Gasteiger partial charge in [-0.15, -0.1) is 0 Å². The standard InChI is InChI=1S/C11H17N3O4S/c1-8-5-14(6-9(7-15)18-8)19(16,17)11-10(12)3-2-4-13-11/h2-4,8-9,15H,5-7,12H2,1H3. The molecule has 0 aromatic carbocycles. The zero-order valence-corrected chi connectivity index (χ0v) is 11.4. The van der Waals surface area contributed by atoms with Gasteiger partial charge in [-0.1, -0.05) is 0 Å². The third kappa shape index (κ3) is 2.86. The van der Waals surface area contributed by atoms with Gasteiger partial charge in [0.05, 0.1) is 24.5 Å². The minimum Gasteiger partial charge on any atom is -0.396 e. The number of nitrogen functional groups attached to an aromatic ring is 1. The zero-order chi connectivity index (χ0) is 14.0. The Labute approximate surface area is 112 Å². The predicted octanol–water partition coefficient (Wildman–Crippen LogP) is -0.566. The highest BCUT2D eigenvalue weighted by Gasteiger charge is 2.35. The number of aliphatic hydroxyl groups excluding tert-OH is 1. The van der Waals surface area contributed by atoms with Gasteiger partial charge in [0.1, 0.15) is 0 Å². The smallest absolute Gasteiger partial charge is 0.262 e. The molecule has 106 valence electrons. The molecular formula is C11H17N3O4S. The average Bonchev–Trinajstić information content (AvgIpc) is 2.38. The summed E-state index contributed by atoms with van der Waals surface area (Å²) in [4.78, 5) is 3.84. The molecule has 0 aliphatic carbocycles. The summed E-state index contributed by atoms with van der Waals surface area (Å²) in [6, 6.07) is 3.07. The van der Waals surface area contributed by atoms with Crippen LogP contribution in [0.1, 0.15) is 6.92 Å². The SMILES string of the molecule is CC1CN(S(=O)(=O)c2ncccc2N)CC(CO)O1. The van der Waals surface area contributed by atoms with Crippen molar-refractivity contribution in [1.82, 2.24) is 9.29 Å². The second-order valence-electron chi connectivity index (χ2n) is 4.47. The van der Waals surface area contributed by atoms with E-state index in [1.807, 2.05) is 0 Å². The van der Waals surface area contributed by atoms with Gasteiger partial charge in [0.25, 0.3) is 10.0 Å². The van der Waals surface area contributed by atoms with E-state index >= 15 is 0 Å². The second-order valence-corrected chi connectivity index (χ2v) is 6.32. The average molecular weight is 287 g/mol. The van der Waals surface area contributed by atoms with E-state index in [9.17, 15) is 8.42 Å². The molecule has 2 unspecified atom stereocenters. The highest BCUT2D eigenvalue weighted by molar-refractivity contribution is 7.89. The Morgan fingerprint density at radius 2 is 2.32 bits per heavy atom. The van der Waals surface area contributed by atoms with Gasteiger partial charge in [-0.3, -0.25) is 0 Å². The lowest BCUT2D eigenvalue weighted by Crippen LogP contribution is -2.50. The van der Waals surface area contributed by atoms with Gasteiger partial charge >= 0.3 is 0 Å². The number of hydrogen-bond donors (Lipinski definition) is 2. The number of rotatable bonds is 3. The van der Waals surface area contributed by atoms with Crippen molar-refractivity contribution in [2.45, 2.75) is 24.2 Å². The van der Waals surface area contributed by atoms with Crippen LogP contribution in [-0.2, 0) is 14.8 Å². The number of anilines is 1. The molecule has 1 aliphatic heterocycles. The lowest BCUT2D eigenvalue weighted by Gasteiger charge is -2.35. The van der Waals surface area contributed by atoms with Crippen molar-refractivity contribution in [2.75, 3.05) is 25.4 Å².